The first-order valence-electron chi connectivity index (χ1n) is 6.37. The van der Waals surface area contributed by atoms with E-state index in [9.17, 15) is 0 Å². The Morgan fingerprint density at radius 3 is 2.81 bits per heavy atom. The molecule has 94 valence electrons. The first-order chi connectivity index (χ1) is 7.83. The average Bonchev–Trinajstić information content (AvgIpc) is 2.80. The average molecular weight is 261 g/mol. The third kappa shape index (κ3) is 3.09. The van der Waals surface area contributed by atoms with Crippen LogP contribution < -0.4 is 5.32 Å². The summed E-state index contributed by atoms with van der Waals surface area (Å²) in [6, 6.07) is 0.653. The van der Waals surface area contributed by atoms with Crippen molar-refractivity contribution in [1.29, 1.82) is 0 Å². The van der Waals surface area contributed by atoms with Crippen molar-refractivity contribution in [2.75, 3.05) is 31.3 Å². The minimum atomic E-state index is 0.653. The lowest BCUT2D eigenvalue weighted by Crippen LogP contribution is -2.49. The molecule has 4 heteroatoms. The van der Waals surface area contributed by atoms with Gasteiger partial charge in [0.15, 0.2) is 0 Å². The summed E-state index contributed by atoms with van der Waals surface area (Å²) >= 11 is 4.30. The SMILES string of the molecule is CCNC(C1CCOC1)C1SCCSC1C. The molecule has 2 fully saturated rings. The highest BCUT2D eigenvalue weighted by atomic mass is 32.2. The van der Waals surface area contributed by atoms with Crippen LogP contribution in [-0.2, 0) is 4.74 Å². The molecule has 0 aromatic heterocycles. The Morgan fingerprint density at radius 1 is 1.38 bits per heavy atom. The topological polar surface area (TPSA) is 21.3 Å². The maximum Gasteiger partial charge on any atom is 0.0510 e. The summed E-state index contributed by atoms with van der Waals surface area (Å²) in [7, 11) is 0. The van der Waals surface area contributed by atoms with Gasteiger partial charge in [-0.05, 0) is 13.0 Å². The van der Waals surface area contributed by atoms with Gasteiger partial charge in [-0.25, -0.2) is 0 Å². The van der Waals surface area contributed by atoms with E-state index < -0.39 is 0 Å². The second kappa shape index (κ2) is 6.53. The minimum absolute atomic E-state index is 0.653. The predicted molar refractivity (Wildman–Crippen MR) is 74.6 cm³/mol. The number of rotatable bonds is 4. The fourth-order valence-corrected chi connectivity index (χ4v) is 5.71. The molecule has 16 heavy (non-hydrogen) atoms. The fraction of sp³-hybridized carbons (Fsp3) is 1.00. The summed E-state index contributed by atoms with van der Waals surface area (Å²) in [4.78, 5) is 0. The van der Waals surface area contributed by atoms with Gasteiger partial charge in [0.1, 0.15) is 0 Å². The van der Waals surface area contributed by atoms with Crippen LogP contribution in [0.5, 0.6) is 0 Å². The smallest absolute Gasteiger partial charge is 0.0510 e. The van der Waals surface area contributed by atoms with Crippen molar-refractivity contribution in [1.82, 2.24) is 5.32 Å². The molecule has 4 unspecified atom stereocenters. The van der Waals surface area contributed by atoms with E-state index in [1.807, 2.05) is 0 Å². The summed E-state index contributed by atoms with van der Waals surface area (Å²) in [5.74, 6) is 3.37. The van der Waals surface area contributed by atoms with Crippen LogP contribution in [0.2, 0.25) is 0 Å². The number of nitrogens with one attached hydrogen (secondary N) is 1. The summed E-state index contributed by atoms with van der Waals surface area (Å²) < 4.78 is 5.55. The zero-order chi connectivity index (χ0) is 11.4. The second-order valence-corrected chi connectivity index (χ2v) is 7.39. The fourth-order valence-electron chi connectivity index (χ4n) is 2.67. The molecule has 0 saturated carbocycles. The Morgan fingerprint density at radius 2 is 2.19 bits per heavy atom. The van der Waals surface area contributed by atoms with Gasteiger partial charge >= 0.3 is 0 Å². The van der Waals surface area contributed by atoms with Crippen molar-refractivity contribution in [2.45, 2.75) is 36.8 Å². The van der Waals surface area contributed by atoms with Gasteiger partial charge in [-0.3, -0.25) is 0 Å². The van der Waals surface area contributed by atoms with Crippen molar-refractivity contribution in [3.63, 3.8) is 0 Å². The van der Waals surface area contributed by atoms with E-state index in [0.29, 0.717) is 6.04 Å². The molecule has 0 aromatic rings. The van der Waals surface area contributed by atoms with Gasteiger partial charge in [0.25, 0.3) is 0 Å². The highest BCUT2D eigenvalue weighted by Gasteiger charge is 2.36. The quantitative estimate of drug-likeness (QED) is 0.837. The Bertz CT molecular complexity index is 209. The predicted octanol–water partition coefficient (Wildman–Crippen LogP) is 2.24. The first kappa shape index (κ1) is 13.1. The molecule has 2 heterocycles. The van der Waals surface area contributed by atoms with Gasteiger partial charge in [-0.1, -0.05) is 13.8 Å². The molecule has 0 aliphatic carbocycles. The molecule has 1 N–H and O–H groups in total. The van der Waals surface area contributed by atoms with Crippen molar-refractivity contribution < 1.29 is 4.74 Å². The first-order valence-corrected chi connectivity index (χ1v) is 8.47. The van der Waals surface area contributed by atoms with Crippen LogP contribution in [0.3, 0.4) is 0 Å². The zero-order valence-electron chi connectivity index (χ0n) is 10.3. The van der Waals surface area contributed by atoms with Gasteiger partial charge < -0.3 is 10.1 Å². The standard InChI is InChI=1S/C12H23NOS2/c1-3-13-11(10-4-5-14-8-10)12-9(2)15-6-7-16-12/h9-13H,3-8H2,1-2H3. The normalized spacial score (nSPS) is 37.5. The molecular weight excluding hydrogens is 238 g/mol. The lowest BCUT2D eigenvalue weighted by Gasteiger charge is -2.37. The lowest BCUT2D eigenvalue weighted by atomic mass is 9.94. The Balaban J connectivity index is 1.98. The van der Waals surface area contributed by atoms with E-state index in [0.717, 1.165) is 36.2 Å². The van der Waals surface area contributed by atoms with Gasteiger partial charge in [-0.2, -0.15) is 23.5 Å². The third-order valence-electron chi connectivity index (χ3n) is 3.50. The van der Waals surface area contributed by atoms with E-state index in [4.69, 9.17) is 4.74 Å². The minimum Gasteiger partial charge on any atom is -0.381 e. The highest BCUT2D eigenvalue weighted by molar-refractivity contribution is 8.07. The Kier molecular flexibility index (Phi) is 5.33. The summed E-state index contributed by atoms with van der Waals surface area (Å²) in [5.41, 5.74) is 0. The maximum absolute atomic E-state index is 5.55. The number of hydrogen-bond donors (Lipinski definition) is 1. The maximum atomic E-state index is 5.55. The van der Waals surface area contributed by atoms with Crippen LogP contribution >= 0.6 is 23.5 Å². The second-order valence-electron chi connectivity index (χ2n) is 4.62. The molecule has 2 saturated heterocycles. The molecular formula is C12H23NOS2. The molecule has 0 bridgehead atoms. The number of thioether (sulfide) groups is 2. The summed E-state index contributed by atoms with van der Waals surface area (Å²) in [6.07, 6.45) is 1.24. The van der Waals surface area contributed by atoms with Gasteiger partial charge in [0, 0.05) is 40.6 Å². The summed E-state index contributed by atoms with van der Waals surface area (Å²) in [5, 5.41) is 5.26. The van der Waals surface area contributed by atoms with Crippen molar-refractivity contribution >= 4 is 23.5 Å². The monoisotopic (exact) mass is 261 g/mol. The molecule has 0 aromatic carbocycles. The largest absolute Gasteiger partial charge is 0.381 e. The van der Waals surface area contributed by atoms with E-state index >= 15 is 0 Å². The zero-order valence-corrected chi connectivity index (χ0v) is 11.9. The number of hydrogen-bond acceptors (Lipinski definition) is 4. The van der Waals surface area contributed by atoms with Crippen LogP contribution in [0.25, 0.3) is 0 Å². The molecule has 2 aliphatic rings. The van der Waals surface area contributed by atoms with Gasteiger partial charge in [0.2, 0.25) is 0 Å². The molecule has 0 spiro atoms. The van der Waals surface area contributed by atoms with E-state index in [-0.39, 0.29) is 0 Å². The van der Waals surface area contributed by atoms with E-state index in [1.54, 1.807) is 0 Å². The van der Waals surface area contributed by atoms with Crippen LogP contribution in [0.4, 0.5) is 0 Å². The summed E-state index contributed by atoms with van der Waals surface area (Å²) in [6.45, 7) is 7.61. The Hall–Kier alpha value is 0.620. The van der Waals surface area contributed by atoms with Gasteiger partial charge in [0.05, 0.1) is 6.61 Å². The van der Waals surface area contributed by atoms with E-state index in [1.165, 1.54) is 17.9 Å². The van der Waals surface area contributed by atoms with Crippen molar-refractivity contribution in [3.05, 3.63) is 0 Å². The van der Waals surface area contributed by atoms with Crippen molar-refractivity contribution in [3.8, 4) is 0 Å². The molecule has 2 rings (SSSR count). The highest BCUT2D eigenvalue weighted by Crippen LogP contribution is 2.36. The van der Waals surface area contributed by atoms with Crippen LogP contribution in [-0.4, -0.2) is 47.8 Å². The molecule has 2 aliphatic heterocycles. The lowest BCUT2D eigenvalue weighted by molar-refractivity contribution is 0.176. The molecule has 0 amide bonds. The Labute approximate surface area is 108 Å². The van der Waals surface area contributed by atoms with Crippen LogP contribution in [0, 0.1) is 5.92 Å². The number of ether oxygens (including phenoxy) is 1. The van der Waals surface area contributed by atoms with Crippen LogP contribution in [0.15, 0.2) is 0 Å². The third-order valence-corrected chi connectivity index (χ3v) is 6.72. The molecule has 2 nitrogen and oxygen atoms in total. The van der Waals surface area contributed by atoms with Crippen molar-refractivity contribution in [2.24, 2.45) is 5.92 Å². The van der Waals surface area contributed by atoms with Crippen LogP contribution in [0.1, 0.15) is 20.3 Å². The van der Waals surface area contributed by atoms with Gasteiger partial charge in [-0.15, -0.1) is 0 Å². The van der Waals surface area contributed by atoms with E-state index in [2.05, 4.69) is 42.7 Å². The molecule has 4 atom stereocenters. The molecule has 0 radical (unpaired) electrons.